The van der Waals surface area contributed by atoms with Crippen LogP contribution < -0.4 is 5.32 Å². The van der Waals surface area contributed by atoms with Gasteiger partial charge in [0.05, 0.1) is 30.3 Å². The average Bonchev–Trinajstić information content (AvgIpc) is 2.27. The van der Waals surface area contributed by atoms with Crippen LogP contribution in [0.3, 0.4) is 0 Å². The van der Waals surface area contributed by atoms with E-state index in [0.717, 1.165) is 26.1 Å². The second kappa shape index (κ2) is 3.55. The first kappa shape index (κ1) is 9.43. The fourth-order valence-electron chi connectivity index (χ4n) is 1.74. The maximum absolute atomic E-state index is 11.4. The van der Waals surface area contributed by atoms with E-state index < -0.39 is 9.84 Å². The summed E-state index contributed by atoms with van der Waals surface area (Å²) in [6, 6.07) is 0.385. The van der Waals surface area contributed by atoms with Crippen LogP contribution in [0.25, 0.3) is 0 Å². The first-order valence-corrected chi connectivity index (χ1v) is 6.43. The summed E-state index contributed by atoms with van der Waals surface area (Å²) in [6.45, 7) is 2.07. The van der Waals surface area contributed by atoms with Crippen LogP contribution in [0.15, 0.2) is 0 Å². The summed E-state index contributed by atoms with van der Waals surface area (Å²) >= 11 is 0. The molecule has 0 radical (unpaired) electrons. The highest BCUT2D eigenvalue weighted by Crippen LogP contribution is 2.19. The molecule has 2 rings (SSSR count). The lowest BCUT2D eigenvalue weighted by atomic mass is 10.2. The Labute approximate surface area is 78.6 Å². The normalized spacial score (nSPS) is 33.1. The molecule has 0 bridgehead atoms. The van der Waals surface area contributed by atoms with Gasteiger partial charge in [0, 0.05) is 6.54 Å². The fraction of sp³-hybridized carbons (Fsp3) is 1.00. The van der Waals surface area contributed by atoms with Gasteiger partial charge in [0.15, 0.2) is 9.84 Å². The second-order valence-corrected chi connectivity index (χ2v) is 6.17. The monoisotopic (exact) mass is 205 g/mol. The number of ether oxygens (including phenoxy) is 1. The molecule has 13 heavy (non-hydrogen) atoms. The minimum atomic E-state index is -2.77. The Morgan fingerprint density at radius 3 is 2.62 bits per heavy atom. The van der Waals surface area contributed by atoms with Gasteiger partial charge in [-0.3, -0.25) is 0 Å². The van der Waals surface area contributed by atoms with Crippen molar-refractivity contribution in [3.63, 3.8) is 0 Å². The number of hydrogen-bond donors (Lipinski definition) is 1. The average molecular weight is 205 g/mol. The molecular formula is C8H15NO3S. The van der Waals surface area contributed by atoms with Crippen molar-refractivity contribution in [2.75, 3.05) is 25.5 Å². The minimum absolute atomic E-state index is 0.145. The zero-order valence-electron chi connectivity index (χ0n) is 7.53. The quantitative estimate of drug-likeness (QED) is 0.678. The van der Waals surface area contributed by atoms with Crippen molar-refractivity contribution in [1.82, 2.24) is 5.32 Å². The molecule has 0 aromatic carbocycles. The molecule has 0 spiro atoms. The van der Waals surface area contributed by atoms with E-state index in [1.807, 2.05) is 0 Å². The van der Waals surface area contributed by atoms with Crippen LogP contribution in [0.1, 0.15) is 12.8 Å². The molecule has 2 fully saturated rings. The van der Waals surface area contributed by atoms with E-state index >= 15 is 0 Å². The van der Waals surface area contributed by atoms with Gasteiger partial charge in [0.25, 0.3) is 0 Å². The lowest BCUT2D eigenvalue weighted by Gasteiger charge is -2.28. The summed E-state index contributed by atoms with van der Waals surface area (Å²) in [4.78, 5) is 0. The molecule has 0 aliphatic carbocycles. The summed E-state index contributed by atoms with van der Waals surface area (Å²) in [5.74, 6) is 0.376. The highest BCUT2D eigenvalue weighted by molar-refractivity contribution is 7.92. The number of nitrogens with one attached hydrogen (secondary N) is 1. The summed E-state index contributed by atoms with van der Waals surface area (Å²) in [7, 11) is -2.77. The summed E-state index contributed by atoms with van der Waals surface area (Å²) < 4.78 is 27.8. The van der Waals surface area contributed by atoms with Crippen molar-refractivity contribution in [2.24, 2.45) is 0 Å². The van der Waals surface area contributed by atoms with Crippen molar-refractivity contribution < 1.29 is 13.2 Å². The van der Waals surface area contributed by atoms with E-state index in [4.69, 9.17) is 4.74 Å². The van der Waals surface area contributed by atoms with Gasteiger partial charge in [0.1, 0.15) is 0 Å². The van der Waals surface area contributed by atoms with E-state index in [9.17, 15) is 8.42 Å². The van der Waals surface area contributed by atoms with Crippen molar-refractivity contribution in [1.29, 1.82) is 0 Å². The number of hydrogen-bond acceptors (Lipinski definition) is 4. The van der Waals surface area contributed by atoms with Gasteiger partial charge < -0.3 is 10.1 Å². The van der Waals surface area contributed by atoms with Gasteiger partial charge in [-0.15, -0.1) is 0 Å². The van der Waals surface area contributed by atoms with E-state index in [1.165, 1.54) is 0 Å². The SMILES string of the molecule is O=S1(=O)CCCC1CNC1COC1. The highest BCUT2D eigenvalue weighted by atomic mass is 32.2. The van der Waals surface area contributed by atoms with Crippen LogP contribution in [-0.2, 0) is 14.6 Å². The molecule has 0 amide bonds. The lowest BCUT2D eigenvalue weighted by molar-refractivity contribution is -0.00480. The van der Waals surface area contributed by atoms with Crippen molar-refractivity contribution in [3.05, 3.63) is 0 Å². The van der Waals surface area contributed by atoms with Crippen LogP contribution in [-0.4, -0.2) is 45.2 Å². The third-order valence-corrected chi connectivity index (χ3v) is 5.01. The molecule has 4 nitrogen and oxygen atoms in total. The Morgan fingerprint density at radius 2 is 2.15 bits per heavy atom. The summed E-state index contributed by atoms with van der Waals surface area (Å²) in [5, 5.41) is 3.07. The Bertz CT molecular complexity index is 271. The highest BCUT2D eigenvalue weighted by Gasteiger charge is 2.32. The third kappa shape index (κ3) is 2.03. The van der Waals surface area contributed by atoms with Gasteiger partial charge >= 0.3 is 0 Å². The second-order valence-electron chi connectivity index (χ2n) is 3.77. The molecule has 2 heterocycles. The zero-order chi connectivity index (χ0) is 9.31. The Morgan fingerprint density at radius 1 is 1.38 bits per heavy atom. The summed E-state index contributed by atoms with van der Waals surface area (Å²) in [5.41, 5.74) is 0. The molecule has 2 aliphatic rings. The van der Waals surface area contributed by atoms with Crippen LogP contribution in [0, 0.1) is 0 Å². The van der Waals surface area contributed by atoms with Crippen molar-refractivity contribution in [2.45, 2.75) is 24.1 Å². The molecule has 1 unspecified atom stereocenters. The molecule has 76 valence electrons. The standard InChI is InChI=1S/C8H15NO3S/c10-13(11)3-1-2-8(13)4-9-7-5-12-6-7/h7-9H,1-6H2. The minimum Gasteiger partial charge on any atom is -0.378 e. The van der Waals surface area contributed by atoms with E-state index in [0.29, 0.717) is 18.3 Å². The zero-order valence-corrected chi connectivity index (χ0v) is 8.35. The van der Waals surface area contributed by atoms with Crippen LogP contribution >= 0.6 is 0 Å². The van der Waals surface area contributed by atoms with Gasteiger partial charge in [-0.2, -0.15) is 0 Å². The molecule has 2 saturated heterocycles. The Balaban J connectivity index is 1.80. The fourth-order valence-corrected chi connectivity index (χ4v) is 3.52. The largest absolute Gasteiger partial charge is 0.378 e. The maximum atomic E-state index is 11.4. The molecule has 0 aromatic heterocycles. The molecular weight excluding hydrogens is 190 g/mol. The Hall–Kier alpha value is -0.130. The van der Waals surface area contributed by atoms with Crippen LogP contribution in [0.2, 0.25) is 0 Å². The summed E-state index contributed by atoms with van der Waals surface area (Å²) in [6.07, 6.45) is 1.65. The van der Waals surface area contributed by atoms with Crippen molar-refractivity contribution in [3.8, 4) is 0 Å². The molecule has 0 saturated carbocycles. The molecule has 5 heteroatoms. The maximum Gasteiger partial charge on any atom is 0.154 e. The van der Waals surface area contributed by atoms with E-state index in [1.54, 1.807) is 0 Å². The van der Waals surface area contributed by atoms with Gasteiger partial charge in [-0.25, -0.2) is 8.42 Å². The predicted molar refractivity (Wildman–Crippen MR) is 49.4 cm³/mol. The number of rotatable bonds is 3. The van der Waals surface area contributed by atoms with Gasteiger partial charge in [-0.1, -0.05) is 0 Å². The first-order chi connectivity index (χ1) is 6.18. The van der Waals surface area contributed by atoms with Crippen molar-refractivity contribution >= 4 is 9.84 Å². The molecule has 0 aromatic rings. The number of sulfone groups is 1. The Kier molecular flexibility index (Phi) is 2.58. The molecule has 2 aliphatic heterocycles. The van der Waals surface area contributed by atoms with Crippen LogP contribution in [0.4, 0.5) is 0 Å². The van der Waals surface area contributed by atoms with E-state index in [2.05, 4.69) is 5.32 Å². The first-order valence-electron chi connectivity index (χ1n) is 4.71. The topological polar surface area (TPSA) is 55.4 Å². The van der Waals surface area contributed by atoms with E-state index in [-0.39, 0.29) is 5.25 Å². The third-order valence-electron chi connectivity index (χ3n) is 2.74. The van der Waals surface area contributed by atoms with Gasteiger partial charge in [-0.05, 0) is 12.8 Å². The van der Waals surface area contributed by atoms with Crippen LogP contribution in [0.5, 0.6) is 0 Å². The lowest BCUT2D eigenvalue weighted by Crippen LogP contribution is -2.48. The van der Waals surface area contributed by atoms with Gasteiger partial charge in [0.2, 0.25) is 0 Å². The molecule has 1 atom stereocenters. The smallest absolute Gasteiger partial charge is 0.154 e. The predicted octanol–water partition coefficient (Wildman–Crippen LogP) is -0.448. The molecule has 1 N–H and O–H groups in total.